The molecule has 10 nitrogen and oxygen atoms in total. The van der Waals surface area contributed by atoms with Gasteiger partial charge in [0.25, 0.3) is 0 Å². The third kappa shape index (κ3) is 21.7. The van der Waals surface area contributed by atoms with Gasteiger partial charge in [0.05, 0.1) is 25.4 Å². The van der Waals surface area contributed by atoms with Gasteiger partial charge >= 0.3 is 0 Å². The summed E-state index contributed by atoms with van der Waals surface area (Å²) in [6.07, 6.45) is 25.0. The minimum Gasteiger partial charge on any atom is -0.394 e. The van der Waals surface area contributed by atoms with Gasteiger partial charge in [0, 0.05) is 0 Å². The van der Waals surface area contributed by atoms with Gasteiger partial charge in [-0.05, 0) is 77.0 Å². The molecule has 0 radical (unpaired) electrons. The SMILES string of the molecule is CCCCCCCC=CCCC=CCCCC(O)C(=O)NC(COC1OC(CO)C(O)C(O)C1O)C(O)CCCC=CCCCCCCCC. The van der Waals surface area contributed by atoms with Crippen LogP contribution in [0.25, 0.3) is 0 Å². The van der Waals surface area contributed by atoms with E-state index in [1.807, 2.05) is 0 Å². The third-order valence-electron chi connectivity index (χ3n) is 9.30. The van der Waals surface area contributed by atoms with Crippen molar-refractivity contribution in [1.82, 2.24) is 5.32 Å². The summed E-state index contributed by atoms with van der Waals surface area (Å²) < 4.78 is 11.1. The van der Waals surface area contributed by atoms with Crippen molar-refractivity contribution < 1.29 is 44.9 Å². The van der Waals surface area contributed by atoms with Crippen molar-refractivity contribution in [2.45, 2.75) is 198 Å². The molecule has 7 N–H and O–H groups in total. The topological polar surface area (TPSA) is 169 Å². The lowest BCUT2D eigenvalue weighted by molar-refractivity contribution is -0.302. The van der Waals surface area contributed by atoms with Gasteiger partial charge in [0.15, 0.2) is 6.29 Å². The molecular weight excluding hydrogens is 638 g/mol. The smallest absolute Gasteiger partial charge is 0.249 e. The van der Waals surface area contributed by atoms with Crippen LogP contribution in [-0.4, -0.2) is 98.7 Å². The number of amides is 1. The van der Waals surface area contributed by atoms with Crippen LogP contribution in [0.5, 0.6) is 0 Å². The monoisotopic (exact) mass is 712 g/mol. The number of ether oxygens (including phenoxy) is 2. The van der Waals surface area contributed by atoms with Crippen molar-refractivity contribution in [2.24, 2.45) is 0 Å². The molecule has 1 saturated heterocycles. The first kappa shape index (κ1) is 46.4. The molecule has 1 aliphatic rings. The van der Waals surface area contributed by atoms with Gasteiger partial charge in [-0.2, -0.15) is 0 Å². The molecule has 1 heterocycles. The van der Waals surface area contributed by atoms with E-state index < -0.39 is 61.5 Å². The zero-order valence-electron chi connectivity index (χ0n) is 31.3. The molecule has 50 heavy (non-hydrogen) atoms. The van der Waals surface area contributed by atoms with Crippen molar-refractivity contribution in [1.29, 1.82) is 0 Å². The van der Waals surface area contributed by atoms with Crippen molar-refractivity contribution in [3.05, 3.63) is 36.5 Å². The zero-order valence-corrected chi connectivity index (χ0v) is 31.3. The second kappa shape index (κ2) is 30.9. The van der Waals surface area contributed by atoms with E-state index in [1.165, 1.54) is 70.6 Å². The Balaban J connectivity index is 2.54. The lowest BCUT2D eigenvalue weighted by atomic mass is 9.99. The summed E-state index contributed by atoms with van der Waals surface area (Å²) in [7, 11) is 0. The molecule has 1 rings (SSSR count). The molecule has 1 amide bonds. The highest BCUT2D eigenvalue weighted by Crippen LogP contribution is 2.22. The van der Waals surface area contributed by atoms with Crippen molar-refractivity contribution in [3.8, 4) is 0 Å². The molecule has 0 aliphatic carbocycles. The Morgan fingerprint density at radius 3 is 1.68 bits per heavy atom. The van der Waals surface area contributed by atoms with Crippen LogP contribution in [-0.2, 0) is 14.3 Å². The number of hydrogen-bond donors (Lipinski definition) is 7. The summed E-state index contributed by atoms with van der Waals surface area (Å²) in [4.78, 5) is 12.9. The minimum atomic E-state index is -1.61. The third-order valence-corrected chi connectivity index (χ3v) is 9.30. The molecular formula is C40H73NO9. The van der Waals surface area contributed by atoms with Crippen LogP contribution in [0.15, 0.2) is 36.5 Å². The lowest BCUT2D eigenvalue weighted by Gasteiger charge is -2.40. The van der Waals surface area contributed by atoms with Crippen molar-refractivity contribution in [2.75, 3.05) is 13.2 Å². The zero-order chi connectivity index (χ0) is 36.8. The molecule has 0 aromatic carbocycles. The lowest BCUT2D eigenvalue weighted by Crippen LogP contribution is -2.60. The Morgan fingerprint density at radius 2 is 1.14 bits per heavy atom. The van der Waals surface area contributed by atoms with Crippen molar-refractivity contribution in [3.63, 3.8) is 0 Å². The molecule has 0 aromatic rings. The molecule has 1 fully saturated rings. The van der Waals surface area contributed by atoms with E-state index in [-0.39, 0.29) is 13.0 Å². The number of aliphatic hydroxyl groups is 6. The normalized spacial score (nSPS) is 23.2. The number of aliphatic hydroxyl groups excluding tert-OH is 6. The molecule has 0 saturated carbocycles. The highest BCUT2D eigenvalue weighted by molar-refractivity contribution is 5.80. The first-order valence-corrected chi connectivity index (χ1v) is 19.8. The highest BCUT2D eigenvalue weighted by Gasteiger charge is 2.44. The Labute approximate surface area is 303 Å². The fraction of sp³-hybridized carbons (Fsp3) is 0.825. The first-order chi connectivity index (χ1) is 24.3. The van der Waals surface area contributed by atoms with Crippen LogP contribution in [0, 0.1) is 0 Å². The number of nitrogens with one attached hydrogen (secondary N) is 1. The predicted molar refractivity (Wildman–Crippen MR) is 199 cm³/mol. The van der Waals surface area contributed by atoms with Crippen LogP contribution in [0.2, 0.25) is 0 Å². The molecule has 1 aliphatic heterocycles. The van der Waals surface area contributed by atoms with Crippen LogP contribution in [0.3, 0.4) is 0 Å². The predicted octanol–water partition coefficient (Wildman–Crippen LogP) is 5.91. The molecule has 292 valence electrons. The fourth-order valence-corrected chi connectivity index (χ4v) is 5.95. The Morgan fingerprint density at radius 1 is 0.660 bits per heavy atom. The number of allylic oxidation sites excluding steroid dienone is 6. The molecule has 8 unspecified atom stereocenters. The van der Waals surface area contributed by atoms with Gasteiger partial charge < -0.3 is 45.4 Å². The highest BCUT2D eigenvalue weighted by atomic mass is 16.7. The summed E-state index contributed by atoms with van der Waals surface area (Å²) in [6, 6.07) is -0.930. The van der Waals surface area contributed by atoms with Gasteiger partial charge in [-0.3, -0.25) is 4.79 Å². The second-order valence-corrected chi connectivity index (χ2v) is 13.8. The summed E-state index contributed by atoms with van der Waals surface area (Å²) in [5, 5.41) is 64.3. The average Bonchev–Trinajstić information content (AvgIpc) is 3.11. The van der Waals surface area contributed by atoms with Crippen LogP contribution < -0.4 is 5.32 Å². The summed E-state index contributed by atoms with van der Waals surface area (Å²) in [5.41, 5.74) is 0. The number of unbranched alkanes of at least 4 members (excludes halogenated alkanes) is 14. The van der Waals surface area contributed by atoms with Crippen LogP contribution in [0.1, 0.15) is 149 Å². The molecule has 8 atom stereocenters. The van der Waals surface area contributed by atoms with Gasteiger partial charge in [-0.1, -0.05) is 108 Å². The Bertz CT molecular complexity index is 896. The molecule has 0 spiro atoms. The summed E-state index contributed by atoms with van der Waals surface area (Å²) in [6.45, 7) is 3.56. The van der Waals surface area contributed by atoms with Gasteiger partial charge in [0.2, 0.25) is 5.91 Å². The van der Waals surface area contributed by atoms with Gasteiger partial charge in [0.1, 0.15) is 30.5 Å². The largest absolute Gasteiger partial charge is 0.394 e. The van der Waals surface area contributed by atoms with E-state index in [4.69, 9.17) is 9.47 Å². The fourth-order valence-electron chi connectivity index (χ4n) is 5.95. The van der Waals surface area contributed by atoms with E-state index in [1.54, 1.807) is 0 Å². The maximum atomic E-state index is 12.9. The number of hydrogen-bond acceptors (Lipinski definition) is 9. The second-order valence-electron chi connectivity index (χ2n) is 13.8. The van der Waals surface area contributed by atoms with E-state index in [9.17, 15) is 35.4 Å². The van der Waals surface area contributed by atoms with E-state index in [2.05, 4.69) is 55.6 Å². The van der Waals surface area contributed by atoms with Gasteiger partial charge in [-0.15, -0.1) is 0 Å². The number of carbonyl (C=O) groups is 1. The quantitative estimate of drug-likeness (QED) is 0.0342. The number of carbonyl (C=O) groups excluding carboxylic acids is 1. The maximum absolute atomic E-state index is 12.9. The minimum absolute atomic E-state index is 0.258. The standard InChI is InChI=1S/C40H73NO9/c1-3-5-7-9-11-13-15-16-17-19-21-23-25-27-29-34(44)39(48)41-32(31-49-40-38(47)37(46)36(45)35(30-42)50-40)33(43)28-26-24-22-20-18-14-12-10-8-6-4-2/h15-16,20-23,32-38,40,42-47H,3-14,17-19,24-31H2,1-2H3,(H,41,48). The maximum Gasteiger partial charge on any atom is 0.249 e. The van der Waals surface area contributed by atoms with Gasteiger partial charge in [-0.25, -0.2) is 0 Å². The first-order valence-electron chi connectivity index (χ1n) is 19.8. The van der Waals surface area contributed by atoms with E-state index >= 15 is 0 Å². The number of rotatable bonds is 31. The average molecular weight is 712 g/mol. The Hall–Kier alpha value is -1.63. The van der Waals surface area contributed by atoms with Crippen molar-refractivity contribution >= 4 is 5.91 Å². The summed E-state index contributed by atoms with van der Waals surface area (Å²) >= 11 is 0. The Kier molecular flexibility index (Phi) is 28.7. The molecule has 10 heteroatoms. The molecule has 0 bridgehead atoms. The molecule has 0 aromatic heterocycles. The van der Waals surface area contributed by atoms with Crippen LogP contribution >= 0.6 is 0 Å². The van der Waals surface area contributed by atoms with E-state index in [0.717, 1.165) is 38.5 Å². The van der Waals surface area contributed by atoms with Crippen LogP contribution in [0.4, 0.5) is 0 Å². The summed E-state index contributed by atoms with van der Waals surface area (Å²) in [5.74, 6) is -0.630. The van der Waals surface area contributed by atoms with E-state index in [0.29, 0.717) is 19.3 Å².